The minimum absolute atomic E-state index is 0.393. The summed E-state index contributed by atoms with van der Waals surface area (Å²) in [4.78, 5) is 3.93. The fourth-order valence-corrected chi connectivity index (χ4v) is 0.389. The van der Waals surface area contributed by atoms with Crippen molar-refractivity contribution in [3.8, 4) is 0 Å². The van der Waals surface area contributed by atoms with E-state index >= 15 is 0 Å². The van der Waals surface area contributed by atoms with E-state index in [0.717, 1.165) is 6.54 Å². The molecule has 0 saturated heterocycles. The van der Waals surface area contributed by atoms with E-state index in [0.29, 0.717) is 12.4 Å². The average Bonchev–Trinajstić information content (AvgIpc) is 2.17. The SMILES string of the molecule is CCC.CCN=C(CN)OC.COC. The van der Waals surface area contributed by atoms with Crippen LogP contribution < -0.4 is 5.73 Å². The summed E-state index contributed by atoms with van der Waals surface area (Å²) in [5.41, 5.74) is 5.21. The van der Waals surface area contributed by atoms with E-state index in [2.05, 4.69) is 23.6 Å². The van der Waals surface area contributed by atoms with E-state index in [9.17, 15) is 0 Å². The Morgan fingerprint density at radius 1 is 1.14 bits per heavy atom. The Kier molecular flexibility index (Phi) is 31.1. The zero-order valence-electron chi connectivity index (χ0n) is 10.5. The lowest BCUT2D eigenvalue weighted by Crippen LogP contribution is -2.15. The summed E-state index contributed by atoms with van der Waals surface area (Å²) in [7, 11) is 4.82. The number of hydrogen-bond donors (Lipinski definition) is 1. The molecule has 2 N–H and O–H groups in total. The van der Waals surface area contributed by atoms with Gasteiger partial charge in [-0.15, -0.1) is 0 Å². The van der Waals surface area contributed by atoms with E-state index in [4.69, 9.17) is 10.5 Å². The molecule has 0 aliphatic rings. The molecule has 0 aliphatic heterocycles. The molecule has 4 nitrogen and oxygen atoms in total. The first-order valence-electron chi connectivity index (χ1n) is 4.85. The van der Waals surface area contributed by atoms with Crippen molar-refractivity contribution in [3.05, 3.63) is 0 Å². The number of methoxy groups -OCH3 is 2. The fourth-order valence-electron chi connectivity index (χ4n) is 0.389. The molecule has 14 heavy (non-hydrogen) atoms. The summed E-state index contributed by atoms with van der Waals surface area (Å²) in [5, 5.41) is 0. The van der Waals surface area contributed by atoms with Gasteiger partial charge in [-0.1, -0.05) is 20.3 Å². The van der Waals surface area contributed by atoms with Gasteiger partial charge in [0.15, 0.2) is 5.90 Å². The molecule has 0 aromatic rings. The summed E-state index contributed by atoms with van der Waals surface area (Å²) in [6.07, 6.45) is 1.25. The van der Waals surface area contributed by atoms with Crippen LogP contribution in [0.1, 0.15) is 27.2 Å². The van der Waals surface area contributed by atoms with Crippen molar-refractivity contribution in [2.45, 2.75) is 27.2 Å². The van der Waals surface area contributed by atoms with Crippen molar-refractivity contribution in [3.63, 3.8) is 0 Å². The van der Waals surface area contributed by atoms with Crippen LogP contribution >= 0.6 is 0 Å². The van der Waals surface area contributed by atoms with E-state index in [1.807, 2.05) is 6.92 Å². The van der Waals surface area contributed by atoms with Crippen LogP contribution in [0.2, 0.25) is 0 Å². The van der Waals surface area contributed by atoms with Gasteiger partial charge in [-0.25, -0.2) is 0 Å². The van der Waals surface area contributed by atoms with Crippen molar-refractivity contribution < 1.29 is 9.47 Å². The first-order chi connectivity index (χ1) is 6.67. The van der Waals surface area contributed by atoms with Gasteiger partial charge in [-0.2, -0.15) is 0 Å². The van der Waals surface area contributed by atoms with Gasteiger partial charge in [-0.3, -0.25) is 4.99 Å². The van der Waals surface area contributed by atoms with Gasteiger partial charge in [0.1, 0.15) is 0 Å². The fraction of sp³-hybridized carbons (Fsp3) is 0.900. The minimum atomic E-state index is 0.393. The van der Waals surface area contributed by atoms with Crippen molar-refractivity contribution in [1.82, 2.24) is 0 Å². The number of rotatable bonds is 2. The highest BCUT2D eigenvalue weighted by molar-refractivity contribution is 5.77. The summed E-state index contributed by atoms with van der Waals surface area (Å²) in [6, 6.07) is 0. The summed E-state index contributed by atoms with van der Waals surface area (Å²) in [6.45, 7) is 7.32. The maximum atomic E-state index is 5.21. The quantitative estimate of drug-likeness (QED) is 0.552. The minimum Gasteiger partial charge on any atom is -0.483 e. The number of nitrogens with zero attached hydrogens (tertiary/aromatic N) is 1. The van der Waals surface area contributed by atoms with Gasteiger partial charge < -0.3 is 15.2 Å². The zero-order chi connectivity index (χ0) is 11.8. The van der Waals surface area contributed by atoms with Crippen molar-refractivity contribution in [2.75, 3.05) is 34.4 Å². The van der Waals surface area contributed by atoms with E-state index in [1.165, 1.54) is 6.42 Å². The Balaban J connectivity index is -0.000000168. The van der Waals surface area contributed by atoms with Gasteiger partial charge in [0.2, 0.25) is 0 Å². The van der Waals surface area contributed by atoms with Crippen molar-refractivity contribution in [2.24, 2.45) is 10.7 Å². The molecule has 0 heterocycles. The molecular weight excluding hydrogens is 180 g/mol. The standard InChI is InChI=1S/C5H12N2O.C3H8.C2H6O/c1-3-7-5(4-6)8-2;2*1-3-2/h3-4,6H2,1-2H3;3H2,1-2H3;1-2H3. The van der Waals surface area contributed by atoms with Crippen LogP contribution in [0, 0.1) is 0 Å². The third-order valence-corrected chi connectivity index (χ3v) is 0.745. The van der Waals surface area contributed by atoms with Gasteiger partial charge in [-0.05, 0) is 6.92 Å². The van der Waals surface area contributed by atoms with Crippen LogP contribution in [0.3, 0.4) is 0 Å². The van der Waals surface area contributed by atoms with Gasteiger partial charge in [0.25, 0.3) is 0 Å². The van der Waals surface area contributed by atoms with E-state index in [-0.39, 0.29) is 0 Å². The van der Waals surface area contributed by atoms with Crippen LogP contribution in [0.4, 0.5) is 0 Å². The van der Waals surface area contributed by atoms with Crippen LogP contribution in [-0.4, -0.2) is 40.3 Å². The van der Waals surface area contributed by atoms with Crippen molar-refractivity contribution in [1.29, 1.82) is 0 Å². The Morgan fingerprint density at radius 2 is 1.50 bits per heavy atom. The summed E-state index contributed by atoms with van der Waals surface area (Å²) in [5.74, 6) is 0.618. The second kappa shape index (κ2) is 22.8. The highest BCUT2D eigenvalue weighted by atomic mass is 16.5. The maximum absolute atomic E-state index is 5.21. The second-order valence-corrected chi connectivity index (χ2v) is 2.39. The highest BCUT2D eigenvalue weighted by Crippen LogP contribution is 1.75. The summed E-state index contributed by atoms with van der Waals surface area (Å²) < 4.78 is 9.01. The van der Waals surface area contributed by atoms with Crippen molar-refractivity contribution >= 4 is 5.90 Å². The predicted molar refractivity (Wildman–Crippen MR) is 62.9 cm³/mol. The zero-order valence-corrected chi connectivity index (χ0v) is 10.5. The van der Waals surface area contributed by atoms with Crippen LogP contribution in [0.5, 0.6) is 0 Å². The monoisotopic (exact) mass is 206 g/mol. The molecule has 4 heteroatoms. The molecule has 0 saturated carbocycles. The Morgan fingerprint density at radius 3 is 1.57 bits per heavy atom. The molecule has 0 aliphatic carbocycles. The largest absolute Gasteiger partial charge is 0.483 e. The molecule has 88 valence electrons. The van der Waals surface area contributed by atoms with E-state index < -0.39 is 0 Å². The smallest absolute Gasteiger partial charge is 0.197 e. The molecule has 0 amide bonds. The lowest BCUT2D eigenvalue weighted by atomic mass is 10.6. The topological polar surface area (TPSA) is 56.8 Å². The summed E-state index contributed by atoms with van der Waals surface area (Å²) >= 11 is 0. The Hall–Kier alpha value is -0.610. The van der Waals surface area contributed by atoms with Gasteiger partial charge in [0.05, 0.1) is 13.7 Å². The molecule has 0 aromatic heterocycles. The molecule has 0 aromatic carbocycles. The molecule has 0 unspecified atom stereocenters. The average molecular weight is 206 g/mol. The van der Waals surface area contributed by atoms with Crippen LogP contribution in [-0.2, 0) is 9.47 Å². The molecular formula is C10H26N2O2. The normalized spacial score (nSPS) is 9.21. The Bertz CT molecular complexity index is 98.3. The Labute approximate surface area is 88.5 Å². The van der Waals surface area contributed by atoms with Gasteiger partial charge >= 0.3 is 0 Å². The molecule has 0 radical (unpaired) electrons. The highest BCUT2D eigenvalue weighted by Gasteiger charge is 1.87. The molecule has 0 atom stereocenters. The third-order valence-electron chi connectivity index (χ3n) is 0.745. The first-order valence-corrected chi connectivity index (χ1v) is 4.85. The van der Waals surface area contributed by atoms with Crippen LogP contribution in [0.15, 0.2) is 4.99 Å². The number of aliphatic imine (C=N–C) groups is 1. The van der Waals surface area contributed by atoms with E-state index in [1.54, 1.807) is 21.3 Å². The molecule has 0 bridgehead atoms. The molecule has 0 fully saturated rings. The number of hydrogen-bond acceptors (Lipinski definition) is 4. The maximum Gasteiger partial charge on any atom is 0.197 e. The lowest BCUT2D eigenvalue weighted by Gasteiger charge is -1.97. The number of ether oxygens (including phenoxy) is 2. The lowest BCUT2D eigenvalue weighted by molar-refractivity contribution is 0.277. The predicted octanol–water partition coefficient (Wildman–Crippen LogP) is 1.69. The number of nitrogens with two attached hydrogens (primary N) is 1. The molecule has 0 spiro atoms. The van der Waals surface area contributed by atoms with Crippen LogP contribution in [0.25, 0.3) is 0 Å². The third kappa shape index (κ3) is 30.1. The van der Waals surface area contributed by atoms with Gasteiger partial charge in [0, 0.05) is 20.8 Å². The molecule has 0 rings (SSSR count). The first kappa shape index (κ1) is 19.0. The second-order valence-electron chi connectivity index (χ2n) is 2.39.